The Kier molecular flexibility index (Phi) is 3.00. The number of pyridine rings is 1. The molecule has 1 fully saturated rings. The first kappa shape index (κ1) is 9.89. The van der Waals surface area contributed by atoms with Gasteiger partial charge in [0.1, 0.15) is 12.1 Å². The molecule has 0 unspecified atom stereocenters. The van der Waals surface area contributed by atoms with Crippen molar-refractivity contribution in [1.82, 2.24) is 4.98 Å². The summed E-state index contributed by atoms with van der Waals surface area (Å²) in [6.45, 7) is 1.76. The fraction of sp³-hybridized carbons (Fsp3) is 0.400. The zero-order valence-corrected chi connectivity index (χ0v) is 9.85. The molecule has 0 N–H and O–H groups in total. The maximum atomic E-state index is 10.6. The predicted molar refractivity (Wildman–Crippen MR) is 63.3 cm³/mol. The van der Waals surface area contributed by atoms with Gasteiger partial charge in [0.05, 0.1) is 0 Å². The van der Waals surface area contributed by atoms with Gasteiger partial charge < -0.3 is 9.69 Å². The maximum Gasteiger partial charge on any atom is 0.128 e. The van der Waals surface area contributed by atoms with Gasteiger partial charge in [0.2, 0.25) is 0 Å². The quantitative estimate of drug-likeness (QED) is 0.616. The molecule has 1 aliphatic rings. The van der Waals surface area contributed by atoms with Crippen LogP contribution in [0, 0.1) is 9.49 Å². The van der Waals surface area contributed by atoms with Crippen LogP contribution in [0.3, 0.4) is 0 Å². The summed E-state index contributed by atoms with van der Waals surface area (Å²) in [6, 6.07) is 4.05. The van der Waals surface area contributed by atoms with E-state index >= 15 is 0 Å². The Hall–Kier alpha value is -0.650. The predicted octanol–water partition coefficient (Wildman–Crippen LogP) is 1.71. The summed E-state index contributed by atoms with van der Waals surface area (Å²) in [4.78, 5) is 17.1. The summed E-state index contributed by atoms with van der Waals surface area (Å²) in [7, 11) is 0. The van der Waals surface area contributed by atoms with Crippen LogP contribution in [0.2, 0.25) is 0 Å². The van der Waals surface area contributed by atoms with Crippen LogP contribution in [0.4, 0.5) is 5.82 Å². The number of aldehydes is 1. The highest BCUT2D eigenvalue weighted by molar-refractivity contribution is 14.1. The number of rotatable bonds is 2. The molecule has 0 spiro atoms. The lowest BCUT2D eigenvalue weighted by atomic mass is 10.1. The van der Waals surface area contributed by atoms with Crippen molar-refractivity contribution in [2.75, 3.05) is 18.0 Å². The van der Waals surface area contributed by atoms with Crippen LogP contribution in [0.15, 0.2) is 18.3 Å². The largest absolute Gasteiger partial charge is 0.356 e. The Balaban J connectivity index is 2.09. The van der Waals surface area contributed by atoms with Crippen LogP contribution in [-0.4, -0.2) is 24.4 Å². The van der Waals surface area contributed by atoms with Crippen LogP contribution in [0.5, 0.6) is 0 Å². The van der Waals surface area contributed by atoms with E-state index in [1.807, 2.05) is 18.3 Å². The fourth-order valence-electron chi connectivity index (χ4n) is 1.66. The lowest BCUT2D eigenvalue weighted by Gasteiger charge is -2.16. The molecule has 2 heterocycles. The molecule has 0 aliphatic carbocycles. The first-order chi connectivity index (χ1) is 6.79. The average molecular weight is 302 g/mol. The summed E-state index contributed by atoms with van der Waals surface area (Å²) in [6.07, 6.45) is 3.86. The van der Waals surface area contributed by atoms with Crippen LogP contribution < -0.4 is 4.90 Å². The van der Waals surface area contributed by atoms with Gasteiger partial charge in [-0.25, -0.2) is 4.98 Å². The lowest BCUT2D eigenvalue weighted by Crippen LogP contribution is -2.20. The lowest BCUT2D eigenvalue weighted by molar-refractivity contribution is -0.110. The summed E-state index contributed by atoms with van der Waals surface area (Å²) >= 11 is 2.23. The van der Waals surface area contributed by atoms with Crippen molar-refractivity contribution in [1.29, 1.82) is 0 Å². The molecule has 4 heteroatoms. The molecular weight excluding hydrogens is 291 g/mol. The molecule has 0 saturated carbocycles. The van der Waals surface area contributed by atoms with Crippen molar-refractivity contribution in [2.45, 2.75) is 6.42 Å². The minimum Gasteiger partial charge on any atom is -0.356 e. The van der Waals surface area contributed by atoms with Crippen molar-refractivity contribution < 1.29 is 4.79 Å². The molecule has 1 saturated heterocycles. The van der Waals surface area contributed by atoms with Crippen molar-refractivity contribution in [3.8, 4) is 0 Å². The third-order valence-electron chi connectivity index (χ3n) is 2.45. The standard InChI is InChI=1S/C10H11IN2O/c11-9-1-2-10(12-5-9)13-4-3-8(6-13)7-14/h1-2,5,7-8H,3-4,6H2/t8-/m0/s1. The van der Waals surface area contributed by atoms with E-state index in [0.717, 1.165) is 35.2 Å². The summed E-state index contributed by atoms with van der Waals surface area (Å²) in [5, 5.41) is 0. The highest BCUT2D eigenvalue weighted by Crippen LogP contribution is 2.20. The molecule has 1 aromatic heterocycles. The summed E-state index contributed by atoms with van der Waals surface area (Å²) in [5.41, 5.74) is 0. The van der Waals surface area contributed by atoms with Gasteiger partial charge in [-0.3, -0.25) is 0 Å². The number of hydrogen-bond acceptors (Lipinski definition) is 3. The maximum absolute atomic E-state index is 10.6. The molecule has 0 aromatic carbocycles. The Morgan fingerprint density at radius 1 is 1.57 bits per heavy atom. The highest BCUT2D eigenvalue weighted by atomic mass is 127. The van der Waals surface area contributed by atoms with E-state index in [1.54, 1.807) is 0 Å². The van der Waals surface area contributed by atoms with Crippen molar-refractivity contribution in [2.24, 2.45) is 5.92 Å². The number of nitrogens with zero attached hydrogens (tertiary/aromatic N) is 2. The first-order valence-corrected chi connectivity index (χ1v) is 5.69. The van der Waals surface area contributed by atoms with E-state index < -0.39 is 0 Å². The van der Waals surface area contributed by atoms with Gasteiger partial charge in [0.25, 0.3) is 0 Å². The van der Waals surface area contributed by atoms with E-state index in [0.29, 0.717) is 0 Å². The smallest absolute Gasteiger partial charge is 0.128 e. The molecular formula is C10H11IN2O. The average Bonchev–Trinajstić information content (AvgIpc) is 2.67. The number of aromatic nitrogens is 1. The SMILES string of the molecule is O=C[C@H]1CCN(c2ccc(I)cn2)C1. The molecule has 14 heavy (non-hydrogen) atoms. The summed E-state index contributed by atoms with van der Waals surface area (Å²) in [5.74, 6) is 1.17. The van der Waals surface area contributed by atoms with Gasteiger partial charge in [-0.2, -0.15) is 0 Å². The van der Waals surface area contributed by atoms with Gasteiger partial charge in [0, 0.05) is 28.8 Å². The molecule has 0 bridgehead atoms. The third-order valence-corrected chi connectivity index (χ3v) is 3.09. The minimum atomic E-state index is 0.191. The van der Waals surface area contributed by atoms with E-state index in [4.69, 9.17) is 0 Å². The van der Waals surface area contributed by atoms with Gasteiger partial charge >= 0.3 is 0 Å². The van der Waals surface area contributed by atoms with Crippen molar-refractivity contribution in [3.05, 3.63) is 21.9 Å². The number of carbonyl (C=O) groups excluding carboxylic acids is 1. The van der Waals surface area contributed by atoms with E-state index in [2.05, 4.69) is 32.5 Å². The molecule has 1 aromatic rings. The van der Waals surface area contributed by atoms with Crippen LogP contribution in [0.1, 0.15) is 6.42 Å². The molecule has 1 aliphatic heterocycles. The van der Waals surface area contributed by atoms with E-state index in [1.165, 1.54) is 0 Å². The second kappa shape index (κ2) is 4.25. The Morgan fingerprint density at radius 3 is 3.00 bits per heavy atom. The zero-order valence-electron chi connectivity index (χ0n) is 7.69. The zero-order chi connectivity index (χ0) is 9.97. The molecule has 2 rings (SSSR count). The monoisotopic (exact) mass is 302 g/mol. The summed E-state index contributed by atoms with van der Waals surface area (Å²) < 4.78 is 1.14. The fourth-order valence-corrected chi connectivity index (χ4v) is 1.98. The van der Waals surface area contributed by atoms with Gasteiger partial charge in [-0.15, -0.1) is 0 Å². The highest BCUT2D eigenvalue weighted by Gasteiger charge is 2.22. The van der Waals surface area contributed by atoms with Crippen LogP contribution in [0.25, 0.3) is 0 Å². The van der Waals surface area contributed by atoms with Gasteiger partial charge in [0.15, 0.2) is 0 Å². The molecule has 3 nitrogen and oxygen atoms in total. The topological polar surface area (TPSA) is 33.2 Å². The number of hydrogen-bond donors (Lipinski definition) is 0. The van der Waals surface area contributed by atoms with E-state index in [-0.39, 0.29) is 5.92 Å². The molecule has 74 valence electrons. The Morgan fingerprint density at radius 2 is 2.43 bits per heavy atom. The van der Waals surface area contributed by atoms with E-state index in [9.17, 15) is 4.79 Å². The van der Waals surface area contributed by atoms with Gasteiger partial charge in [-0.1, -0.05) is 0 Å². The molecule has 0 radical (unpaired) electrons. The number of anilines is 1. The number of carbonyl (C=O) groups is 1. The molecule has 0 amide bonds. The van der Waals surface area contributed by atoms with Gasteiger partial charge in [-0.05, 0) is 41.1 Å². The Labute approximate surface area is 96.7 Å². The van der Waals surface area contributed by atoms with Crippen molar-refractivity contribution >= 4 is 34.7 Å². The molecule has 1 atom stereocenters. The second-order valence-electron chi connectivity index (χ2n) is 3.47. The normalized spacial score (nSPS) is 21.2. The minimum absolute atomic E-state index is 0.191. The first-order valence-electron chi connectivity index (χ1n) is 4.61. The number of halogens is 1. The third kappa shape index (κ3) is 2.05. The van der Waals surface area contributed by atoms with Crippen molar-refractivity contribution in [3.63, 3.8) is 0 Å². The van der Waals surface area contributed by atoms with Crippen LogP contribution in [-0.2, 0) is 4.79 Å². The Bertz CT molecular complexity index is 325. The second-order valence-corrected chi connectivity index (χ2v) is 4.71. The van der Waals surface area contributed by atoms with Crippen LogP contribution >= 0.6 is 22.6 Å².